The van der Waals surface area contributed by atoms with Gasteiger partial charge in [-0.05, 0) is 51.4 Å². The van der Waals surface area contributed by atoms with E-state index in [0.717, 1.165) is 0 Å². The van der Waals surface area contributed by atoms with E-state index < -0.39 is 7.82 Å². The van der Waals surface area contributed by atoms with E-state index in [1.54, 1.807) is 0 Å². The molecule has 0 unspecified atom stereocenters. The Kier molecular flexibility index (Phi) is 32.9. The minimum absolute atomic E-state index is 0. The predicted octanol–water partition coefficient (Wildman–Crippen LogP) is 7.30. The molecule has 0 aliphatic rings. The van der Waals surface area contributed by atoms with Crippen LogP contribution in [0, 0.1) is 0 Å². The second kappa shape index (κ2) is 29.5. The maximum absolute atomic E-state index is 8.55. The summed E-state index contributed by atoms with van der Waals surface area (Å²) >= 11 is 0. The van der Waals surface area contributed by atoms with E-state index in [2.05, 4.69) is 55.4 Å². The highest BCUT2D eigenvalue weighted by atomic mass is 31.2. The van der Waals surface area contributed by atoms with Crippen molar-refractivity contribution in [2.45, 2.75) is 158 Å². The molecule has 39 heavy (non-hydrogen) atoms. The molecule has 0 rings (SSSR count). The number of hydrogen-bond donors (Lipinski definition) is 0. The molecule has 0 N–H and O–H groups in total. The molecule has 0 radical (unpaired) electrons. The molecule has 0 aliphatic carbocycles. The summed E-state index contributed by atoms with van der Waals surface area (Å²) in [5.41, 5.74) is 0. The van der Waals surface area contributed by atoms with Gasteiger partial charge in [0.05, 0.1) is 52.4 Å². The SMILES string of the molecule is CCCC[N+](CCCC)(CCCC)CCCC.CCCC[N+](CCCC)(CCCC)CCCC.O=P([O-])([O-])[O-].[H+]. The van der Waals surface area contributed by atoms with Gasteiger partial charge in [0.15, 0.2) is 0 Å². The van der Waals surface area contributed by atoms with Crippen molar-refractivity contribution >= 4 is 7.82 Å². The fraction of sp³-hybridized carbons (Fsp3) is 1.00. The Morgan fingerprint density at radius 1 is 0.385 bits per heavy atom. The zero-order chi connectivity index (χ0) is 30.5. The summed E-state index contributed by atoms with van der Waals surface area (Å²) in [7, 11) is -5.39. The van der Waals surface area contributed by atoms with Gasteiger partial charge in [-0.3, -0.25) is 0 Å². The van der Waals surface area contributed by atoms with Crippen LogP contribution >= 0.6 is 7.82 Å². The van der Waals surface area contributed by atoms with Crippen LogP contribution in [0.1, 0.15) is 160 Å². The third-order valence-electron chi connectivity index (χ3n) is 7.89. The van der Waals surface area contributed by atoms with Gasteiger partial charge in [-0.2, -0.15) is 7.82 Å². The number of nitrogens with zero attached hydrogens (tertiary/aromatic N) is 2. The maximum atomic E-state index is 8.55. The fourth-order valence-electron chi connectivity index (χ4n) is 5.29. The second-order valence-electron chi connectivity index (χ2n) is 11.7. The molecule has 7 heteroatoms. The first-order valence-electron chi connectivity index (χ1n) is 16.9. The van der Waals surface area contributed by atoms with Crippen molar-refractivity contribution in [2.24, 2.45) is 0 Å². The average molecular weight is 581 g/mol. The average Bonchev–Trinajstić information content (AvgIpc) is 2.91. The van der Waals surface area contributed by atoms with Crippen molar-refractivity contribution in [1.82, 2.24) is 0 Å². The quantitative estimate of drug-likeness (QED) is 0.0886. The van der Waals surface area contributed by atoms with E-state index in [1.807, 2.05) is 0 Å². The minimum Gasteiger partial charge on any atom is -0.822 e. The van der Waals surface area contributed by atoms with Gasteiger partial charge in [-0.15, -0.1) is 0 Å². The van der Waals surface area contributed by atoms with Crippen LogP contribution in [0.25, 0.3) is 0 Å². The van der Waals surface area contributed by atoms with Crippen LogP contribution in [-0.2, 0) is 4.57 Å². The topological polar surface area (TPSA) is 86.2 Å². The lowest BCUT2D eigenvalue weighted by molar-refractivity contribution is -0.929. The van der Waals surface area contributed by atoms with Crippen molar-refractivity contribution in [3.63, 3.8) is 0 Å². The molecule has 0 heterocycles. The predicted molar refractivity (Wildman–Crippen MR) is 167 cm³/mol. The highest BCUT2D eigenvalue weighted by molar-refractivity contribution is 7.40. The van der Waals surface area contributed by atoms with Crippen molar-refractivity contribution < 1.29 is 29.6 Å². The standard InChI is InChI=1S/2C16H36N.H3O4P/c2*1-5-9-13-17(14-10-6-2,15-11-7-3)16-12-8-4;1-5(2,3)4/h2*5-16H2,1-4H3;(H3,1,2,3,4)/q2*+1;/p-2. The highest BCUT2D eigenvalue weighted by Crippen LogP contribution is 2.17. The Bertz CT molecular complexity index is 416. The lowest BCUT2D eigenvalue weighted by Crippen LogP contribution is -2.50. The molecule has 0 fully saturated rings. The van der Waals surface area contributed by atoms with Crippen LogP contribution in [0.2, 0.25) is 0 Å². The number of phosphoric acid groups is 1. The smallest absolute Gasteiger partial charge is 0.822 e. The van der Waals surface area contributed by atoms with E-state index in [-0.39, 0.29) is 1.43 Å². The van der Waals surface area contributed by atoms with Crippen molar-refractivity contribution in [1.29, 1.82) is 0 Å². The Balaban J connectivity index is -0.000000271. The molecule has 240 valence electrons. The van der Waals surface area contributed by atoms with E-state index in [4.69, 9.17) is 19.2 Å². The first-order valence-corrected chi connectivity index (χ1v) is 18.4. The number of quaternary nitrogens is 2. The molecule has 0 aromatic carbocycles. The van der Waals surface area contributed by atoms with Gasteiger partial charge < -0.3 is 28.2 Å². The minimum atomic E-state index is -5.39. The Labute approximate surface area is 247 Å². The number of rotatable bonds is 24. The van der Waals surface area contributed by atoms with Crippen molar-refractivity contribution in [3.8, 4) is 0 Å². The molecule has 0 atom stereocenters. The lowest BCUT2D eigenvalue weighted by atomic mass is 10.1. The molecular formula is C32H73N2O4P. The molecule has 0 saturated carbocycles. The largest absolute Gasteiger partial charge is 1.00 e. The van der Waals surface area contributed by atoms with Crippen molar-refractivity contribution in [2.75, 3.05) is 52.4 Å². The van der Waals surface area contributed by atoms with Gasteiger partial charge in [0.25, 0.3) is 0 Å². The Morgan fingerprint density at radius 3 is 0.564 bits per heavy atom. The molecule has 0 saturated heterocycles. The molecule has 0 aromatic heterocycles. The van der Waals surface area contributed by atoms with E-state index in [9.17, 15) is 0 Å². The number of unbranched alkanes of at least 4 members (excludes halogenated alkanes) is 8. The fourth-order valence-corrected chi connectivity index (χ4v) is 5.29. The molecule has 0 aliphatic heterocycles. The van der Waals surface area contributed by atoms with Crippen LogP contribution in [-0.4, -0.2) is 61.3 Å². The third-order valence-corrected chi connectivity index (χ3v) is 7.89. The summed E-state index contributed by atoms with van der Waals surface area (Å²) in [6.45, 7) is 30.0. The number of hydrogen-bond acceptors (Lipinski definition) is 4. The molecule has 0 bridgehead atoms. The highest BCUT2D eigenvalue weighted by Gasteiger charge is 2.25. The van der Waals surface area contributed by atoms with Crippen LogP contribution in [0.15, 0.2) is 0 Å². The molecule has 0 aromatic rings. The monoisotopic (exact) mass is 581 g/mol. The normalized spacial score (nSPS) is 12.0. The van der Waals surface area contributed by atoms with E-state index in [0.29, 0.717) is 0 Å². The summed E-state index contributed by atoms with van der Waals surface area (Å²) in [5.74, 6) is 0. The van der Waals surface area contributed by atoms with Crippen LogP contribution in [0.5, 0.6) is 0 Å². The Hall–Kier alpha value is 0.0300. The van der Waals surface area contributed by atoms with Crippen LogP contribution in [0.3, 0.4) is 0 Å². The zero-order valence-electron chi connectivity index (χ0n) is 28.9. The van der Waals surface area contributed by atoms with E-state index in [1.165, 1.54) is 164 Å². The zero-order valence-corrected chi connectivity index (χ0v) is 28.8. The summed E-state index contributed by atoms with van der Waals surface area (Å²) < 4.78 is 11.4. The maximum Gasteiger partial charge on any atom is 1.00 e. The third kappa shape index (κ3) is 30.8. The molecule has 6 nitrogen and oxygen atoms in total. The van der Waals surface area contributed by atoms with Gasteiger partial charge in [0, 0.05) is 0 Å². The Morgan fingerprint density at radius 2 is 0.487 bits per heavy atom. The summed E-state index contributed by atoms with van der Waals surface area (Å²) in [4.78, 5) is 25.6. The molecule has 0 amide bonds. The van der Waals surface area contributed by atoms with Crippen LogP contribution < -0.4 is 14.7 Å². The summed E-state index contributed by atoms with van der Waals surface area (Å²) in [6, 6.07) is 0. The van der Waals surface area contributed by atoms with Crippen molar-refractivity contribution in [3.05, 3.63) is 0 Å². The van der Waals surface area contributed by atoms with Crippen LogP contribution in [0.4, 0.5) is 0 Å². The van der Waals surface area contributed by atoms with Gasteiger partial charge in [-0.1, -0.05) is 107 Å². The van der Waals surface area contributed by atoms with E-state index >= 15 is 0 Å². The summed E-state index contributed by atoms with van der Waals surface area (Å²) in [5, 5.41) is 0. The summed E-state index contributed by atoms with van der Waals surface area (Å²) in [6.07, 6.45) is 22.1. The van der Waals surface area contributed by atoms with Gasteiger partial charge in [-0.25, -0.2) is 0 Å². The first-order chi connectivity index (χ1) is 18.5. The second-order valence-corrected chi connectivity index (χ2v) is 12.6. The molecular weight excluding hydrogens is 507 g/mol. The molecule has 0 spiro atoms. The van der Waals surface area contributed by atoms with Gasteiger partial charge >= 0.3 is 1.43 Å². The van der Waals surface area contributed by atoms with Gasteiger partial charge in [0.1, 0.15) is 0 Å². The first kappa shape index (κ1) is 43.5. The van der Waals surface area contributed by atoms with Gasteiger partial charge in [0.2, 0.25) is 0 Å². The lowest BCUT2D eigenvalue weighted by Gasteiger charge is -2.39.